The lowest BCUT2D eigenvalue weighted by atomic mass is 10.1. The Morgan fingerprint density at radius 2 is 1.83 bits per heavy atom. The standard InChI is InChI=1S/C13H27NO4/c1-13(2,3)14-7-6-12(15)18-11-10-17-9-5-8-16-4/h14H,5-11H2,1-4H3. The van der Waals surface area contributed by atoms with Crippen LogP contribution in [0.1, 0.15) is 33.6 Å². The minimum Gasteiger partial charge on any atom is -0.463 e. The molecule has 5 nitrogen and oxygen atoms in total. The Labute approximate surface area is 110 Å². The Hall–Kier alpha value is -0.650. The van der Waals surface area contributed by atoms with Gasteiger partial charge in [0.2, 0.25) is 0 Å². The number of ether oxygens (including phenoxy) is 3. The Bertz CT molecular complexity index is 214. The van der Waals surface area contributed by atoms with E-state index < -0.39 is 0 Å². The molecule has 0 aliphatic rings. The fourth-order valence-corrected chi connectivity index (χ4v) is 1.23. The van der Waals surface area contributed by atoms with Crippen molar-refractivity contribution in [2.24, 2.45) is 0 Å². The van der Waals surface area contributed by atoms with Crippen molar-refractivity contribution in [2.75, 3.05) is 40.1 Å². The van der Waals surface area contributed by atoms with Crippen molar-refractivity contribution in [3.8, 4) is 0 Å². The van der Waals surface area contributed by atoms with Gasteiger partial charge in [0.1, 0.15) is 6.61 Å². The number of methoxy groups -OCH3 is 1. The Morgan fingerprint density at radius 3 is 2.44 bits per heavy atom. The first-order chi connectivity index (χ1) is 8.45. The number of hydrogen-bond donors (Lipinski definition) is 1. The van der Waals surface area contributed by atoms with Crippen molar-refractivity contribution in [2.45, 2.75) is 39.2 Å². The highest BCUT2D eigenvalue weighted by molar-refractivity contribution is 5.69. The van der Waals surface area contributed by atoms with Crippen LogP contribution in [0, 0.1) is 0 Å². The van der Waals surface area contributed by atoms with E-state index in [2.05, 4.69) is 26.1 Å². The first-order valence-corrected chi connectivity index (χ1v) is 6.43. The topological polar surface area (TPSA) is 56.8 Å². The lowest BCUT2D eigenvalue weighted by molar-refractivity contribution is -0.145. The van der Waals surface area contributed by atoms with E-state index in [1.165, 1.54) is 0 Å². The highest BCUT2D eigenvalue weighted by atomic mass is 16.6. The summed E-state index contributed by atoms with van der Waals surface area (Å²) in [5.41, 5.74) is 0.0325. The first-order valence-electron chi connectivity index (χ1n) is 6.43. The van der Waals surface area contributed by atoms with Crippen LogP contribution in [0.4, 0.5) is 0 Å². The molecule has 0 saturated heterocycles. The molecule has 0 aromatic carbocycles. The number of hydrogen-bond acceptors (Lipinski definition) is 5. The largest absolute Gasteiger partial charge is 0.463 e. The second kappa shape index (κ2) is 10.3. The maximum Gasteiger partial charge on any atom is 0.307 e. The summed E-state index contributed by atoms with van der Waals surface area (Å²) < 4.78 is 15.2. The van der Waals surface area contributed by atoms with Crippen molar-refractivity contribution >= 4 is 5.97 Å². The van der Waals surface area contributed by atoms with Gasteiger partial charge in [0.05, 0.1) is 13.0 Å². The second-order valence-electron chi connectivity index (χ2n) is 5.11. The molecule has 18 heavy (non-hydrogen) atoms. The lowest BCUT2D eigenvalue weighted by Crippen LogP contribution is -2.37. The van der Waals surface area contributed by atoms with E-state index >= 15 is 0 Å². The first kappa shape index (κ1) is 17.4. The van der Waals surface area contributed by atoms with Crippen LogP contribution in [-0.4, -0.2) is 51.6 Å². The molecule has 0 saturated carbocycles. The molecule has 108 valence electrons. The molecule has 0 aliphatic carbocycles. The molecule has 0 aliphatic heterocycles. The molecule has 0 amide bonds. The van der Waals surface area contributed by atoms with Crippen molar-refractivity contribution < 1.29 is 19.0 Å². The minimum atomic E-state index is -0.188. The third-order valence-corrected chi connectivity index (χ3v) is 2.11. The van der Waals surface area contributed by atoms with Gasteiger partial charge < -0.3 is 19.5 Å². The maximum atomic E-state index is 11.3. The van der Waals surface area contributed by atoms with Gasteiger partial charge in [0.25, 0.3) is 0 Å². The quantitative estimate of drug-likeness (QED) is 0.475. The Balaban J connectivity index is 3.27. The van der Waals surface area contributed by atoms with Crippen molar-refractivity contribution in [3.63, 3.8) is 0 Å². The van der Waals surface area contributed by atoms with Gasteiger partial charge in [-0.3, -0.25) is 4.79 Å². The SMILES string of the molecule is COCCCOCCOC(=O)CCNC(C)(C)C. The lowest BCUT2D eigenvalue weighted by Gasteiger charge is -2.19. The van der Waals surface area contributed by atoms with E-state index in [0.29, 0.717) is 39.4 Å². The van der Waals surface area contributed by atoms with Gasteiger partial charge in [-0.2, -0.15) is 0 Å². The molecule has 5 heteroatoms. The van der Waals surface area contributed by atoms with Crippen LogP contribution in [0.2, 0.25) is 0 Å². The van der Waals surface area contributed by atoms with E-state index in [4.69, 9.17) is 14.2 Å². The van der Waals surface area contributed by atoms with Gasteiger partial charge in [-0.05, 0) is 27.2 Å². The van der Waals surface area contributed by atoms with Gasteiger partial charge in [-0.25, -0.2) is 0 Å². The van der Waals surface area contributed by atoms with Gasteiger partial charge in [-0.1, -0.05) is 0 Å². The Morgan fingerprint density at radius 1 is 1.11 bits per heavy atom. The molecule has 0 rings (SSSR count). The van der Waals surface area contributed by atoms with Crippen LogP contribution >= 0.6 is 0 Å². The van der Waals surface area contributed by atoms with Crippen LogP contribution in [-0.2, 0) is 19.0 Å². The predicted octanol–water partition coefficient (Wildman–Crippen LogP) is 1.36. The molecule has 0 atom stereocenters. The molecule has 0 radical (unpaired) electrons. The minimum absolute atomic E-state index is 0.0325. The molecular weight excluding hydrogens is 234 g/mol. The van der Waals surface area contributed by atoms with Gasteiger partial charge >= 0.3 is 5.97 Å². The summed E-state index contributed by atoms with van der Waals surface area (Å²) in [6.07, 6.45) is 1.25. The third kappa shape index (κ3) is 13.4. The molecule has 0 heterocycles. The van der Waals surface area contributed by atoms with Crippen molar-refractivity contribution in [1.29, 1.82) is 0 Å². The normalized spacial score (nSPS) is 11.6. The summed E-state index contributed by atoms with van der Waals surface area (Å²) >= 11 is 0. The van der Waals surface area contributed by atoms with Gasteiger partial charge in [0, 0.05) is 32.4 Å². The highest BCUT2D eigenvalue weighted by Gasteiger charge is 2.09. The summed E-state index contributed by atoms with van der Waals surface area (Å²) in [5, 5.41) is 3.23. The molecule has 0 bridgehead atoms. The average molecular weight is 261 g/mol. The summed E-state index contributed by atoms with van der Waals surface area (Å²) in [4.78, 5) is 11.3. The fraction of sp³-hybridized carbons (Fsp3) is 0.923. The summed E-state index contributed by atoms with van der Waals surface area (Å²) in [5.74, 6) is -0.188. The zero-order valence-electron chi connectivity index (χ0n) is 12.1. The van der Waals surface area contributed by atoms with Gasteiger partial charge in [0.15, 0.2) is 0 Å². The molecule has 0 fully saturated rings. The van der Waals surface area contributed by atoms with Crippen LogP contribution in [0.25, 0.3) is 0 Å². The van der Waals surface area contributed by atoms with E-state index in [1.807, 2.05) is 0 Å². The summed E-state index contributed by atoms with van der Waals surface area (Å²) in [6, 6.07) is 0. The zero-order valence-corrected chi connectivity index (χ0v) is 12.1. The zero-order chi connectivity index (χ0) is 13.9. The van der Waals surface area contributed by atoms with E-state index in [1.54, 1.807) is 7.11 Å². The molecule has 1 N–H and O–H groups in total. The van der Waals surface area contributed by atoms with E-state index in [-0.39, 0.29) is 11.5 Å². The van der Waals surface area contributed by atoms with Crippen LogP contribution in [0.3, 0.4) is 0 Å². The molecule has 0 aromatic rings. The second-order valence-corrected chi connectivity index (χ2v) is 5.11. The van der Waals surface area contributed by atoms with E-state index in [0.717, 1.165) is 6.42 Å². The van der Waals surface area contributed by atoms with E-state index in [9.17, 15) is 4.79 Å². The number of carbonyl (C=O) groups excluding carboxylic acids is 1. The van der Waals surface area contributed by atoms with Crippen LogP contribution in [0.5, 0.6) is 0 Å². The monoisotopic (exact) mass is 261 g/mol. The Kier molecular flexibility index (Phi) is 9.92. The third-order valence-electron chi connectivity index (χ3n) is 2.11. The number of nitrogens with one attached hydrogen (secondary N) is 1. The number of rotatable bonds is 10. The summed E-state index contributed by atoms with van der Waals surface area (Å²) in [7, 11) is 1.66. The fourth-order valence-electron chi connectivity index (χ4n) is 1.23. The van der Waals surface area contributed by atoms with Crippen molar-refractivity contribution in [1.82, 2.24) is 5.32 Å². The summed E-state index contributed by atoms with van der Waals surface area (Å²) in [6.45, 7) is 8.92. The highest BCUT2D eigenvalue weighted by Crippen LogP contribution is 1.98. The van der Waals surface area contributed by atoms with Crippen LogP contribution < -0.4 is 5.32 Å². The molecule has 0 unspecified atom stereocenters. The molecule has 0 spiro atoms. The van der Waals surface area contributed by atoms with Crippen molar-refractivity contribution in [3.05, 3.63) is 0 Å². The molecule has 0 aromatic heterocycles. The maximum absolute atomic E-state index is 11.3. The van der Waals surface area contributed by atoms with Gasteiger partial charge in [-0.15, -0.1) is 0 Å². The molecular formula is C13H27NO4. The van der Waals surface area contributed by atoms with Crippen LogP contribution in [0.15, 0.2) is 0 Å². The number of carbonyl (C=O) groups is 1. The smallest absolute Gasteiger partial charge is 0.307 e. The number of esters is 1. The average Bonchev–Trinajstić information content (AvgIpc) is 2.26. The predicted molar refractivity (Wildman–Crippen MR) is 70.6 cm³/mol.